The van der Waals surface area contributed by atoms with Crippen molar-refractivity contribution in [2.45, 2.75) is 30.7 Å². The van der Waals surface area contributed by atoms with Crippen LogP contribution in [0.25, 0.3) is 0 Å². The monoisotopic (exact) mass is 274 g/mol. The van der Waals surface area contributed by atoms with Crippen LogP contribution >= 0.6 is 0 Å². The topological polar surface area (TPSA) is 130 Å². The lowest BCUT2D eigenvalue weighted by molar-refractivity contribution is -0.277. The summed E-state index contributed by atoms with van der Waals surface area (Å²) in [7, 11) is 0. The van der Waals surface area contributed by atoms with Gasteiger partial charge in [-0.05, 0) is 0 Å². The first-order chi connectivity index (χ1) is 9.04. The molecule has 0 aromatic carbocycles. The van der Waals surface area contributed by atoms with E-state index in [9.17, 15) is 20.1 Å². The zero-order valence-electron chi connectivity index (χ0n) is 9.75. The van der Waals surface area contributed by atoms with Crippen molar-refractivity contribution in [2.24, 2.45) is 0 Å². The van der Waals surface area contributed by atoms with Gasteiger partial charge in [-0.15, -0.1) is 0 Å². The summed E-state index contributed by atoms with van der Waals surface area (Å²) in [6, 6.07) is 1.11. The van der Waals surface area contributed by atoms with Crippen molar-refractivity contribution in [1.29, 1.82) is 0 Å². The zero-order chi connectivity index (χ0) is 14.0. The molecule has 0 saturated carbocycles. The van der Waals surface area contributed by atoms with Crippen molar-refractivity contribution >= 4 is 0 Å². The van der Waals surface area contributed by atoms with E-state index < -0.39 is 42.7 Å². The van der Waals surface area contributed by atoms with E-state index in [1.165, 1.54) is 0 Å². The first kappa shape index (κ1) is 14.0. The van der Waals surface area contributed by atoms with Gasteiger partial charge in [0, 0.05) is 6.07 Å². The van der Waals surface area contributed by atoms with Crippen LogP contribution in [0.3, 0.4) is 0 Å². The second-order valence-corrected chi connectivity index (χ2v) is 4.10. The average molecular weight is 274 g/mol. The van der Waals surface area contributed by atoms with E-state index in [1.807, 2.05) is 0 Å². The molecule has 0 unspecified atom stereocenters. The third-order valence-electron chi connectivity index (χ3n) is 2.81. The van der Waals surface area contributed by atoms with Gasteiger partial charge in [0.25, 0.3) is 0 Å². The van der Waals surface area contributed by atoms with E-state index in [0.29, 0.717) is 0 Å². The molecule has 1 aliphatic heterocycles. The molecular formula is C11H14O8. The van der Waals surface area contributed by atoms with Crippen molar-refractivity contribution in [2.75, 3.05) is 6.61 Å². The van der Waals surface area contributed by atoms with Crippen molar-refractivity contribution in [3.63, 3.8) is 0 Å². The lowest BCUT2D eigenvalue weighted by Gasteiger charge is -2.39. The Morgan fingerprint density at radius 1 is 1.21 bits per heavy atom. The van der Waals surface area contributed by atoms with Crippen LogP contribution in [0.4, 0.5) is 0 Å². The number of ether oxygens (including phenoxy) is 2. The van der Waals surface area contributed by atoms with E-state index in [0.717, 1.165) is 18.6 Å². The summed E-state index contributed by atoms with van der Waals surface area (Å²) in [5.74, 6) is -0.216. The number of hydrogen-bond donors (Lipinski definition) is 4. The Balaban J connectivity index is 2.15. The van der Waals surface area contributed by atoms with Gasteiger partial charge in [-0.1, -0.05) is 0 Å². The molecule has 2 heterocycles. The van der Waals surface area contributed by atoms with Crippen LogP contribution in [0.15, 0.2) is 27.8 Å². The highest BCUT2D eigenvalue weighted by Crippen LogP contribution is 2.22. The quantitative estimate of drug-likeness (QED) is 0.489. The Hall–Kier alpha value is -1.45. The molecule has 0 spiro atoms. The van der Waals surface area contributed by atoms with Gasteiger partial charge in [0.1, 0.15) is 30.7 Å². The van der Waals surface area contributed by atoms with Gasteiger partial charge in [0.2, 0.25) is 17.5 Å². The molecule has 1 fully saturated rings. The minimum Gasteiger partial charge on any atom is -0.468 e. The van der Waals surface area contributed by atoms with E-state index in [4.69, 9.17) is 19.0 Å². The molecule has 106 valence electrons. The van der Waals surface area contributed by atoms with E-state index in [2.05, 4.69) is 0 Å². The molecular weight excluding hydrogens is 260 g/mol. The Kier molecular flexibility index (Phi) is 4.17. The van der Waals surface area contributed by atoms with Crippen LogP contribution in [0.1, 0.15) is 0 Å². The second kappa shape index (κ2) is 5.68. The SMILES string of the molecule is O=c1ccocc1O[C@@H]1O[C@H](CO)[C@H](O)[C@H](O)[C@H]1O. The Bertz CT molecular complexity index is 470. The summed E-state index contributed by atoms with van der Waals surface area (Å²) in [6.07, 6.45) is -4.94. The number of rotatable bonds is 3. The number of aliphatic hydroxyl groups excluding tert-OH is 4. The van der Waals surface area contributed by atoms with Crippen LogP contribution in [0.2, 0.25) is 0 Å². The van der Waals surface area contributed by atoms with E-state index in [1.54, 1.807) is 0 Å². The molecule has 0 radical (unpaired) electrons. The summed E-state index contributed by atoms with van der Waals surface area (Å²) in [6.45, 7) is -0.575. The van der Waals surface area contributed by atoms with Crippen molar-refractivity contribution in [3.8, 4) is 5.75 Å². The molecule has 2 rings (SSSR count). The van der Waals surface area contributed by atoms with Crippen LogP contribution in [0.5, 0.6) is 5.75 Å². The fourth-order valence-corrected chi connectivity index (χ4v) is 1.72. The van der Waals surface area contributed by atoms with Crippen LogP contribution in [0, 0.1) is 0 Å². The van der Waals surface area contributed by atoms with Crippen molar-refractivity contribution in [3.05, 3.63) is 28.8 Å². The molecule has 19 heavy (non-hydrogen) atoms. The second-order valence-electron chi connectivity index (χ2n) is 4.10. The Labute approximate surface area is 107 Å². The molecule has 1 aromatic heterocycles. The smallest absolute Gasteiger partial charge is 0.229 e. The lowest BCUT2D eigenvalue weighted by atomic mass is 9.99. The zero-order valence-corrected chi connectivity index (χ0v) is 9.75. The van der Waals surface area contributed by atoms with Crippen LogP contribution < -0.4 is 10.2 Å². The predicted octanol–water partition coefficient (Wildman–Crippen LogP) is -2.18. The summed E-state index contributed by atoms with van der Waals surface area (Å²) in [4.78, 5) is 11.4. The van der Waals surface area contributed by atoms with Crippen molar-refractivity contribution in [1.82, 2.24) is 0 Å². The van der Waals surface area contributed by atoms with Gasteiger partial charge in [-0.25, -0.2) is 0 Å². The first-order valence-electron chi connectivity index (χ1n) is 5.58. The summed E-state index contributed by atoms with van der Waals surface area (Å²) in [5, 5.41) is 37.8. The highest BCUT2D eigenvalue weighted by Gasteiger charge is 2.44. The van der Waals surface area contributed by atoms with Gasteiger partial charge in [0.05, 0.1) is 12.9 Å². The van der Waals surface area contributed by atoms with Gasteiger partial charge in [0.15, 0.2) is 0 Å². The first-order valence-corrected chi connectivity index (χ1v) is 5.58. The predicted molar refractivity (Wildman–Crippen MR) is 59.4 cm³/mol. The van der Waals surface area contributed by atoms with E-state index >= 15 is 0 Å². The molecule has 1 saturated heterocycles. The maximum atomic E-state index is 11.4. The third-order valence-corrected chi connectivity index (χ3v) is 2.81. The summed E-state index contributed by atoms with van der Waals surface area (Å²) < 4.78 is 14.9. The van der Waals surface area contributed by atoms with Gasteiger partial charge in [-0.2, -0.15) is 0 Å². The standard InChI is InChI=1S/C11H14O8/c12-3-6-8(14)9(15)10(16)11(18-6)19-7-4-17-2-1-5(7)13/h1-2,4,6,8-12,14-16H,3H2/t6-,8+,9+,10-,11+/m1/s1. The van der Waals surface area contributed by atoms with Crippen LogP contribution in [-0.4, -0.2) is 57.7 Å². The summed E-state index contributed by atoms with van der Waals surface area (Å²) >= 11 is 0. The van der Waals surface area contributed by atoms with Gasteiger partial charge >= 0.3 is 0 Å². The molecule has 0 amide bonds. The fourth-order valence-electron chi connectivity index (χ4n) is 1.72. The molecule has 8 heteroatoms. The van der Waals surface area contributed by atoms with Gasteiger partial charge < -0.3 is 34.3 Å². The van der Waals surface area contributed by atoms with Crippen molar-refractivity contribution < 1.29 is 34.3 Å². The highest BCUT2D eigenvalue weighted by molar-refractivity contribution is 5.14. The normalized spacial score (nSPS) is 35.1. The highest BCUT2D eigenvalue weighted by atomic mass is 16.7. The lowest BCUT2D eigenvalue weighted by Crippen LogP contribution is -2.60. The van der Waals surface area contributed by atoms with E-state index in [-0.39, 0.29) is 5.75 Å². The minimum atomic E-state index is -1.57. The maximum Gasteiger partial charge on any atom is 0.229 e. The molecule has 1 aliphatic rings. The van der Waals surface area contributed by atoms with Crippen LogP contribution in [-0.2, 0) is 4.74 Å². The summed E-state index contributed by atoms with van der Waals surface area (Å²) in [5.41, 5.74) is -0.497. The molecule has 8 nitrogen and oxygen atoms in total. The number of aliphatic hydroxyl groups is 4. The molecule has 1 aromatic rings. The largest absolute Gasteiger partial charge is 0.468 e. The maximum absolute atomic E-state index is 11.4. The molecule has 4 N–H and O–H groups in total. The van der Waals surface area contributed by atoms with Gasteiger partial charge in [-0.3, -0.25) is 4.79 Å². The number of hydrogen-bond acceptors (Lipinski definition) is 8. The Morgan fingerprint density at radius 3 is 2.58 bits per heavy atom. The molecule has 5 atom stereocenters. The third kappa shape index (κ3) is 2.77. The fraction of sp³-hybridized carbons (Fsp3) is 0.545. The average Bonchev–Trinajstić information content (AvgIpc) is 2.41. The minimum absolute atomic E-state index is 0.216. The molecule has 0 aliphatic carbocycles. The Morgan fingerprint density at radius 2 is 1.95 bits per heavy atom. The molecule has 0 bridgehead atoms.